The van der Waals surface area contributed by atoms with E-state index in [1.807, 2.05) is 0 Å². The minimum atomic E-state index is -0.241. The maximum absolute atomic E-state index is 7.20. The molecule has 4 rings (SSSR count). The van der Waals surface area contributed by atoms with Crippen LogP contribution >= 0.6 is 0 Å². The second-order valence-electron chi connectivity index (χ2n) is 9.05. The summed E-state index contributed by atoms with van der Waals surface area (Å²) in [4.78, 5) is 0. The summed E-state index contributed by atoms with van der Waals surface area (Å²) in [5.41, 5.74) is -0.483. The molecule has 8 unspecified atom stereocenters. The van der Waals surface area contributed by atoms with Crippen LogP contribution in [0.3, 0.4) is 0 Å². The molecular formula is C20H34O5. The maximum Gasteiger partial charge on any atom is 0.0811 e. The summed E-state index contributed by atoms with van der Waals surface area (Å²) in [6.45, 7) is 16.4. The molecule has 4 heterocycles. The van der Waals surface area contributed by atoms with Crippen molar-refractivity contribution in [2.24, 2.45) is 23.7 Å². The topological polar surface area (TPSA) is 46.2 Å². The molecule has 0 aromatic carbocycles. The Balaban J connectivity index is 1.63. The Morgan fingerprint density at radius 1 is 0.560 bits per heavy atom. The minimum absolute atomic E-state index is 0.241. The molecule has 4 aliphatic rings. The van der Waals surface area contributed by atoms with E-state index >= 15 is 0 Å². The van der Waals surface area contributed by atoms with Gasteiger partial charge in [-0.15, -0.1) is 0 Å². The molecule has 0 bridgehead atoms. The number of hydrogen-bond acceptors (Lipinski definition) is 5. The van der Waals surface area contributed by atoms with Crippen molar-refractivity contribution in [3.8, 4) is 0 Å². The first-order valence-electron chi connectivity index (χ1n) is 9.94. The summed E-state index contributed by atoms with van der Waals surface area (Å²) in [6.07, 6.45) is 0.971. The summed E-state index contributed by atoms with van der Waals surface area (Å²) in [6, 6.07) is 0. The molecule has 0 aromatic heterocycles. The first-order valence-corrected chi connectivity index (χ1v) is 9.94. The highest BCUT2D eigenvalue weighted by atomic mass is 16.6. The molecule has 144 valence electrons. The van der Waals surface area contributed by atoms with E-state index in [0.717, 1.165) is 26.4 Å². The molecule has 5 heteroatoms. The molecule has 8 atom stereocenters. The molecule has 4 fully saturated rings. The van der Waals surface area contributed by atoms with Crippen LogP contribution < -0.4 is 0 Å². The van der Waals surface area contributed by atoms with Gasteiger partial charge in [0.1, 0.15) is 0 Å². The smallest absolute Gasteiger partial charge is 0.0811 e. The highest BCUT2D eigenvalue weighted by Crippen LogP contribution is 2.52. The first-order chi connectivity index (χ1) is 11.8. The third-order valence-electron chi connectivity index (χ3n) is 7.81. The normalized spacial score (nSPS) is 51.1. The van der Waals surface area contributed by atoms with Gasteiger partial charge in [-0.3, -0.25) is 0 Å². The molecule has 0 aromatic rings. The summed E-state index contributed by atoms with van der Waals surface area (Å²) in [5.74, 6) is 1.65. The van der Waals surface area contributed by atoms with Crippen LogP contribution in [-0.4, -0.2) is 62.0 Å². The van der Waals surface area contributed by atoms with Crippen molar-refractivity contribution >= 4 is 0 Å². The Morgan fingerprint density at radius 2 is 0.800 bits per heavy atom. The van der Waals surface area contributed by atoms with Gasteiger partial charge in [0, 0.05) is 23.7 Å². The van der Waals surface area contributed by atoms with Gasteiger partial charge in [-0.2, -0.15) is 0 Å². The summed E-state index contributed by atoms with van der Waals surface area (Å²) >= 11 is 0. The van der Waals surface area contributed by atoms with Gasteiger partial charge in [0.15, 0.2) is 0 Å². The van der Waals surface area contributed by atoms with E-state index < -0.39 is 0 Å². The van der Waals surface area contributed by atoms with Crippen molar-refractivity contribution in [3.63, 3.8) is 0 Å². The number of ether oxygens (including phenoxy) is 5. The number of rotatable bonds is 6. The molecular weight excluding hydrogens is 320 g/mol. The fourth-order valence-electron chi connectivity index (χ4n) is 5.39. The lowest BCUT2D eigenvalue weighted by Gasteiger charge is -2.62. The van der Waals surface area contributed by atoms with Crippen molar-refractivity contribution in [2.45, 2.75) is 77.2 Å². The fraction of sp³-hybridized carbons (Fsp3) is 1.00. The minimum Gasteiger partial charge on any atom is -0.378 e. The quantitative estimate of drug-likeness (QED) is 0.734. The van der Waals surface area contributed by atoms with Gasteiger partial charge in [0.05, 0.1) is 62.0 Å². The molecule has 25 heavy (non-hydrogen) atoms. The second-order valence-corrected chi connectivity index (χ2v) is 9.05. The van der Waals surface area contributed by atoms with E-state index in [2.05, 4.69) is 41.5 Å². The Morgan fingerprint density at radius 3 is 0.920 bits per heavy atom. The molecule has 0 radical (unpaired) electrons. The predicted octanol–water partition coefficient (Wildman–Crippen LogP) is 2.66. The fourth-order valence-corrected chi connectivity index (χ4v) is 5.39. The molecule has 4 saturated heterocycles. The average molecular weight is 354 g/mol. The molecule has 0 amide bonds. The van der Waals surface area contributed by atoms with E-state index in [9.17, 15) is 0 Å². The van der Waals surface area contributed by atoms with E-state index in [1.54, 1.807) is 0 Å². The van der Waals surface area contributed by atoms with Crippen LogP contribution in [-0.2, 0) is 23.7 Å². The first kappa shape index (κ1) is 18.2. The third-order valence-corrected chi connectivity index (χ3v) is 7.81. The zero-order valence-corrected chi connectivity index (χ0v) is 16.5. The summed E-state index contributed by atoms with van der Waals surface area (Å²) < 4.78 is 30.1. The molecule has 0 spiro atoms. The lowest BCUT2D eigenvalue weighted by atomic mass is 9.66. The van der Waals surface area contributed by atoms with Crippen molar-refractivity contribution in [2.75, 3.05) is 26.4 Å². The van der Waals surface area contributed by atoms with Crippen LogP contribution in [0.2, 0.25) is 0 Å². The average Bonchev–Trinajstić information content (AvgIpc) is 2.47. The van der Waals surface area contributed by atoms with Crippen molar-refractivity contribution in [1.82, 2.24) is 0 Å². The van der Waals surface area contributed by atoms with Gasteiger partial charge in [0.2, 0.25) is 0 Å². The van der Waals surface area contributed by atoms with Gasteiger partial charge in [-0.1, -0.05) is 0 Å². The van der Waals surface area contributed by atoms with Crippen LogP contribution in [0.25, 0.3) is 0 Å². The zero-order chi connectivity index (χ0) is 18.0. The Hall–Kier alpha value is -0.200. The van der Waals surface area contributed by atoms with Crippen LogP contribution in [0, 0.1) is 23.7 Å². The number of hydrogen-bond donors (Lipinski definition) is 0. The zero-order valence-electron chi connectivity index (χ0n) is 16.5. The molecule has 5 nitrogen and oxygen atoms in total. The Bertz CT molecular complexity index is 428. The van der Waals surface area contributed by atoms with Gasteiger partial charge in [0.25, 0.3) is 0 Å². The lowest BCUT2D eigenvalue weighted by Crippen LogP contribution is -2.71. The largest absolute Gasteiger partial charge is 0.378 e. The van der Waals surface area contributed by atoms with Gasteiger partial charge in [-0.25, -0.2) is 0 Å². The highest BCUT2D eigenvalue weighted by molar-refractivity contribution is 5.08. The predicted molar refractivity (Wildman–Crippen MR) is 93.5 cm³/mol. The Labute approximate surface area is 151 Å². The molecule has 0 saturated carbocycles. The lowest BCUT2D eigenvalue weighted by molar-refractivity contribution is -0.355. The second kappa shape index (κ2) is 6.16. The monoisotopic (exact) mass is 354 g/mol. The van der Waals surface area contributed by atoms with Gasteiger partial charge in [-0.05, 0) is 41.5 Å². The summed E-state index contributed by atoms with van der Waals surface area (Å²) in [5, 5.41) is 0. The van der Waals surface area contributed by atoms with E-state index in [-0.39, 0.29) is 35.6 Å². The molecule has 4 aliphatic heterocycles. The van der Waals surface area contributed by atoms with Crippen LogP contribution in [0.1, 0.15) is 41.5 Å². The van der Waals surface area contributed by atoms with E-state index in [0.29, 0.717) is 23.7 Å². The Kier molecular flexibility index (Phi) is 4.48. The SMILES string of the molecule is CC1OCC1C(C)(OC(C)(C1COC1C)C1COC1C)C1COC1C. The third kappa shape index (κ3) is 2.61. The van der Waals surface area contributed by atoms with Gasteiger partial charge >= 0.3 is 0 Å². The maximum atomic E-state index is 7.20. The van der Waals surface area contributed by atoms with E-state index in [1.165, 1.54) is 0 Å². The summed E-state index contributed by atoms with van der Waals surface area (Å²) in [7, 11) is 0. The van der Waals surface area contributed by atoms with Crippen LogP contribution in [0.15, 0.2) is 0 Å². The van der Waals surface area contributed by atoms with Gasteiger partial charge < -0.3 is 23.7 Å². The van der Waals surface area contributed by atoms with Crippen LogP contribution in [0.4, 0.5) is 0 Å². The van der Waals surface area contributed by atoms with Crippen molar-refractivity contribution < 1.29 is 23.7 Å². The molecule has 0 aliphatic carbocycles. The van der Waals surface area contributed by atoms with Crippen molar-refractivity contribution in [3.05, 3.63) is 0 Å². The highest BCUT2D eigenvalue weighted by Gasteiger charge is 2.62. The standard InChI is InChI=1S/C20H34O5/c1-11-15(7-21-11)19(5,16-8-22-12(16)2)25-20(6,17-9-23-13(17)3)18-10-24-14(18)4/h11-18H,7-10H2,1-6H3. The molecule has 0 N–H and O–H groups in total. The van der Waals surface area contributed by atoms with Crippen LogP contribution in [0.5, 0.6) is 0 Å². The van der Waals surface area contributed by atoms with E-state index in [4.69, 9.17) is 23.7 Å². The van der Waals surface area contributed by atoms with Crippen molar-refractivity contribution in [1.29, 1.82) is 0 Å².